The van der Waals surface area contributed by atoms with Gasteiger partial charge < -0.3 is 14.4 Å². The molecule has 0 aliphatic heterocycles. The predicted molar refractivity (Wildman–Crippen MR) is 110 cm³/mol. The minimum atomic E-state index is -1.01. The van der Waals surface area contributed by atoms with Crippen LogP contribution in [0.4, 0.5) is 14.5 Å². The summed E-state index contributed by atoms with van der Waals surface area (Å²) in [6, 6.07) is 9.31. The molecule has 1 amide bonds. The lowest BCUT2D eigenvalue weighted by Gasteiger charge is -2.22. The summed E-state index contributed by atoms with van der Waals surface area (Å²) in [5.41, 5.74) is 0.499. The molecule has 6 nitrogen and oxygen atoms in total. The summed E-state index contributed by atoms with van der Waals surface area (Å²) >= 11 is 1.17. The monoisotopic (exact) mass is 434 g/mol. The molecular formula is C21H20F2N2O4S. The lowest BCUT2D eigenvalue weighted by atomic mass is 10.2. The normalized spacial score (nSPS) is 10.8. The molecule has 0 N–H and O–H groups in total. The van der Waals surface area contributed by atoms with Crippen molar-refractivity contribution in [1.82, 2.24) is 4.98 Å². The number of carbonyl (C=O) groups excluding carboxylic acids is 2. The fourth-order valence-corrected chi connectivity index (χ4v) is 3.80. The number of benzene rings is 2. The van der Waals surface area contributed by atoms with Crippen LogP contribution in [0.25, 0.3) is 10.2 Å². The molecule has 30 heavy (non-hydrogen) atoms. The van der Waals surface area contributed by atoms with Gasteiger partial charge >= 0.3 is 5.97 Å². The second kappa shape index (κ2) is 9.62. The Morgan fingerprint density at radius 3 is 2.50 bits per heavy atom. The molecule has 0 aliphatic carbocycles. The largest absolute Gasteiger partial charge is 0.497 e. The summed E-state index contributed by atoms with van der Waals surface area (Å²) in [7, 11) is 1.53. The first kappa shape index (κ1) is 21.6. The molecule has 0 radical (unpaired) electrons. The molecule has 0 atom stereocenters. The van der Waals surface area contributed by atoms with Crippen molar-refractivity contribution in [2.75, 3.05) is 18.6 Å². The molecule has 1 heterocycles. The number of thiazole rings is 1. The Kier molecular flexibility index (Phi) is 6.94. The van der Waals surface area contributed by atoms with Crippen molar-refractivity contribution in [3.05, 3.63) is 53.0 Å². The number of methoxy groups -OCH3 is 1. The maximum absolute atomic E-state index is 14.0. The van der Waals surface area contributed by atoms with E-state index in [1.165, 1.54) is 29.4 Å². The standard InChI is InChI=1S/C21H20F2N2O4S/c1-3-29-19(27)11-10-18(26)25(13-4-6-14(28-2)7-5-13)12-17-24-21-16(30-17)9-8-15(22)20(21)23/h4-9H,3,10-12H2,1-2H3. The quantitative estimate of drug-likeness (QED) is 0.490. The summed E-state index contributed by atoms with van der Waals surface area (Å²) in [6.07, 6.45) is -0.113. The van der Waals surface area contributed by atoms with Gasteiger partial charge in [0.15, 0.2) is 11.6 Å². The van der Waals surface area contributed by atoms with Crippen LogP contribution in [-0.4, -0.2) is 30.6 Å². The van der Waals surface area contributed by atoms with Crippen LogP contribution in [0, 0.1) is 11.6 Å². The van der Waals surface area contributed by atoms with Gasteiger partial charge in [-0.15, -0.1) is 11.3 Å². The van der Waals surface area contributed by atoms with Crippen LogP contribution in [0.15, 0.2) is 36.4 Å². The number of carbonyl (C=O) groups is 2. The fraction of sp³-hybridized carbons (Fsp3) is 0.286. The van der Waals surface area contributed by atoms with Crippen molar-refractivity contribution in [1.29, 1.82) is 0 Å². The molecule has 0 spiro atoms. The molecule has 158 valence electrons. The molecule has 9 heteroatoms. The zero-order chi connectivity index (χ0) is 21.7. The zero-order valence-corrected chi connectivity index (χ0v) is 17.3. The van der Waals surface area contributed by atoms with Crippen molar-refractivity contribution in [2.24, 2.45) is 0 Å². The number of nitrogens with zero attached hydrogens (tertiary/aromatic N) is 2. The van der Waals surface area contributed by atoms with Crippen molar-refractivity contribution < 1.29 is 27.8 Å². The molecular weight excluding hydrogens is 414 g/mol. The average Bonchev–Trinajstić information content (AvgIpc) is 3.17. The van der Waals surface area contributed by atoms with E-state index in [4.69, 9.17) is 9.47 Å². The van der Waals surface area contributed by atoms with E-state index in [1.54, 1.807) is 31.2 Å². The van der Waals surface area contributed by atoms with Crippen molar-refractivity contribution in [3.8, 4) is 5.75 Å². The van der Waals surface area contributed by atoms with Gasteiger partial charge in [0.05, 0.1) is 31.4 Å². The molecule has 1 aromatic heterocycles. The second-order valence-corrected chi connectivity index (χ2v) is 7.41. The van der Waals surface area contributed by atoms with Crippen LogP contribution in [0.3, 0.4) is 0 Å². The highest BCUT2D eigenvalue weighted by molar-refractivity contribution is 7.18. The van der Waals surface area contributed by atoms with Crippen molar-refractivity contribution >= 4 is 39.1 Å². The summed E-state index contributed by atoms with van der Waals surface area (Å²) < 4.78 is 38.0. The SMILES string of the molecule is CCOC(=O)CCC(=O)N(Cc1nc2c(F)c(F)ccc2s1)c1ccc(OC)cc1. The third kappa shape index (κ3) is 4.91. The second-order valence-electron chi connectivity index (χ2n) is 6.30. The third-order valence-corrected chi connectivity index (χ3v) is 5.33. The van der Waals surface area contributed by atoms with Crippen LogP contribution >= 0.6 is 11.3 Å². The molecule has 0 aliphatic rings. The van der Waals surface area contributed by atoms with Crippen LogP contribution in [0.1, 0.15) is 24.8 Å². The minimum absolute atomic E-state index is 0.0500. The van der Waals surface area contributed by atoms with Gasteiger partial charge in [0.25, 0.3) is 0 Å². The summed E-state index contributed by atoms with van der Waals surface area (Å²) in [4.78, 5) is 30.1. The molecule has 3 rings (SSSR count). The van der Waals surface area contributed by atoms with Gasteiger partial charge in [-0.05, 0) is 43.3 Å². The Hall–Kier alpha value is -3.07. The number of amides is 1. The van der Waals surface area contributed by atoms with Gasteiger partial charge in [-0.25, -0.2) is 13.8 Å². The third-order valence-electron chi connectivity index (χ3n) is 4.32. The number of aromatic nitrogens is 1. The Labute approximate surface area is 176 Å². The van der Waals surface area contributed by atoms with Gasteiger partial charge in [-0.3, -0.25) is 9.59 Å². The highest BCUT2D eigenvalue weighted by atomic mass is 32.1. The van der Waals surface area contributed by atoms with Gasteiger partial charge in [-0.2, -0.15) is 0 Å². The highest BCUT2D eigenvalue weighted by Gasteiger charge is 2.21. The number of rotatable bonds is 8. The van der Waals surface area contributed by atoms with E-state index in [0.29, 0.717) is 21.1 Å². The van der Waals surface area contributed by atoms with E-state index in [2.05, 4.69) is 4.98 Å². The van der Waals surface area contributed by atoms with Gasteiger partial charge in [0.1, 0.15) is 16.3 Å². The number of hydrogen-bond acceptors (Lipinski definition) is 6. The van der Waals surface area contributed by atoms with E-state index < -0.39 is 17.6 Å². The van der Waals surface area contributed by atoms with Crippen molar-refractivity contribution in [2.45, 2.75) is 26.3 Å². The maximum atomic E-state index is 14.0. The van der Waals surface area contributed by atoms with Crippen LogP contribution in [0.5, 0.6) is 5.75 Å². The molecule has 0 unspecified atom stereocenters. The first-order valence-corrected chi connectivity index (χ1v) is 10.1. The van der Waals surface area contributed by atoms with E-state index in [1.807, 2.05) is 0 Å². The molecule has 0 bridgehead atoms. The molecule has 0 saturated carbocycles. The highest BCUT2D eigenvalue weighted by Crippen LogP contribution is 2.29. The molecule has 0 fully saturated rings. The molecule has 0 saturated heterocycles. The maximum Gasteiger partial charge on any atom is 0.306 e. The van der Waals surface area contributed by atoms with Gasteiger partial charge in [0.2, 0.25) is 5.91 Å². The van der Waals surface area contributed by atoms with Gasteiger partial charge in [-0.1, -0.05) is 0 Å². The Balaban J connectivity index is 1.87. The number of ether oxygens (including phenoxy) is 2. The number of anilines is 1. The topological polar surface area (TPSA) is 68.7 Å². The first-order chi connectivity index (χ1) is 14.4. The number of halogens is 2. The molecule has 2 aromatic carbocycles. The zero-order valence-electron chi connectivity index (χ0n) is 16.5. The fourth-order valence-electron chi connectivity index (χ4n) is 2.85. The van der Waals surface area contributed by atoms with Crippen LogP contribution in [0.2, 0.25) is 0 Å². The predicted octanol–water partition coefficient (Wildman–Crippen LogP) is 4.46. The summed E-state index contributed by atoms with van der Waals surface area (Å²) in [5.74, 6) is -2.15. The molecule has 3 aromatic rings. The number of fused-ring (bicyclic) bond motifs is 1. The van der Waals surface area contributed by atoms with Gasteiger partial charge in [0, 0.05) is 12.1 Å². The Morgan fingerprint density at radius 1 is 1.10 bits per heavy atom. The Morgan fingerprint density at radius 2 is 1.83 bits per heavy atom. The minimum Gasteiger partial charge on any atom is -0.497 e. The van der Waals surface area contributed by atoms with E-state index in [0.717, 1.165) is 6.07 Å². The smallest absolute Gasteiger partial charge is 0.306 e. The van der Waals surface area contributed by atoms with E-state index in [-0.39, 0.29) is 37.4 Å². The lowest BCUT2D eigenvalue weighted by Crippen LogP contribution is -2.30. The van der Waals surface area contributed by atoms with E-state index in [9.17, 15) is 18.4 Å². The van der Waals surface area contributed by atoms with E-state index >= 15 is 0 Å². The average molecular weight is 434 g/mol. The van der Waals surface area contributed by atoms with Crippen LogP contribution in [-0.2, 0) is 20.9 Å². The summed E-state index contributed by atoms with van der Waals surface area (Å²) in [6.45, 7) is 1.98. The number of esters is 1. The first-order valence-electron chi connectivity index (χ1n) is 9.26. The number of hydrogen-bond donors (Lipinski definition) is 0. The van der Waals surface area contributed by atoms with Crippen LogP contribution < -0.4 is 9.64 Å². The lowest BCUT2D eigenvalue weighted by molar-refractivity contribution is -0.144. The van der Waals surface area contributed by atoms with Crippen molar-refractivity contribution in [3.63, 3.8) is 0 Å². The summed E-state index contributed by atoms with van der Waals surface area (Å²) in [5, 5.41) is 0.440. The Bertz CT molecular complexity index is 1050.